The normalized spacial score (nSPS) is 18.7. The van der Waals surface area contributed by atoms with Crippen LogP contribution in [0.3, 0.4) is 0 Å². The Morgan fingerprint density at radius 1 is 1.57 bits per heavy atom. The molecule has 0 bridgehead atoms. The summed E-state index contributed by atoms with van der Waals surface area (Å²) in [5, 5.41) is 12.4. The molecule has 6 heteroatoms. The number of halogens is 1. The highest BCUT2D eigenvalue weighted by atomic mass is 19.1. The number of hydrogen-bond acceptors (Lipinski definition) is 4. The van der Waals surface area contributed by atoms with Crippen LogP contribution in [-0.4, -0.2) is 48.7 Å². The third-order valence-electron chi connectivity index (χ3n) is 3.89. The van der Waals surface area contributed by atoms with Crippen LogP contribution in [0.25, 0.3) is 0 Å². The van der Waals surface area contributed by atoms with Crippen LogP contribution >= 0.6 is 0 Å². The number of carbonyl (C=O) groups is 1. The first kappa shape index (κ1) is 15.6. The second-order valence-corrected chi connectivity index (χ2v) is 5.14. The second kappa shape index (κ2) is 6.76. The first-order chi connectivity index (χ1) is 10.1. The lowest BCUT2D eigenvalue weighted by Gasteiger charge is -2.23. The maximum atomic E-state index is 13.4. The van der Waals surface area contributed by atoms with E-state index >= 15 is 0 Å². The van der Waals surface area contributed by atoms with Gasteiger partial charge in [0.25, 0.3) is 5.91 Å². The molecule has 1 heterocycles. The van der Waals surface area contributed by atoms with Crippen LogP contribution in [0, 0.1) is 5.82 Å². The van der Waals surface area contributed by atoms with Gasteiger partial charge < -0.3 is 15.2 Å². The molecule has 1 amide bonds. The monoisotopic (exact) mass is 296 g/mol. The van der Waals surface area contributed by atoms with E-state index in [1.165, 1.54) is 7.11 Å². The molecule has 0 aromatic heterocycles. The van der Waals surface area contributed by atoms with E-state index in [0.717, 1.165) is 38.1 Å². The van der Waals surface area contributed by atoms with Crippen molar-refractivity contribution in [1.29, 1.82) is 0 Å². The van der Waals surface area contributed by atoms with Crippen molar-refractivity contribution in [2.45, 2.75) is 25.8 Å². The van der Waals surface area contributed by atoms with Crippen LogP contribution in [-0.2, 0) is 0 Å². The largest absolute Gasteiger partial charge is 0.504 e. The van der Waals surface area contributed by atoms with E-state index in [0.29, 0.717) is 12.6 Å². The Kier molecular flexibility index (Phi) is 5.01. The Hall–Kier alpha value is -1.82. The predicted octanol–water partition coefficient (Wildman–Crippen LogP) is 1.75. The molecule has 1 fully saturated rings. The number of phenols is 1. The Labute approximate surface area is 123 Å². The average molecular weight is 296 g/mol. The SMILES string of the molecule is CCN1CCC[C@H]1CNC(=O)c1cc(F)cc(O)c1OC. The van der Waals surface area contributed by atoms with Gasteiger partial charge in [-0.05, 0) is 32.0 Å². The summed E-state index contributed by atoms with van der Waals surface area (Å²) in [6.07, 6.45) is 2.16. The zero-order valence-electron chi connectivity index (χ0n) is 12.4. The van der Waals surface area contributed by atoms with Crippen molar-refractivity contribution in [3.8, 4) is 11.5 Å². The molecule has 21 heavy (non-hydrogen) atoms. The minimum absolute atomic E-state index is 0.00679. The molecule has 1 aliphatic heterocycles. The summed E-state index contributed by atoms with van der Waals surface area (Å²) in [5.74, 6) is -1.49. The van der Waals surface area contributed by atoms with Gasteiger partial charge in [-0.1, -0.05) is 6.92 Å². The quantitative estimate of drug-likeness (QED) is 0.869. The number of methoxy groups -OCH3 is 1. The average Bonchev–Trinajstić information content (AvgIpc) is 2.91. The van der Waals surface area contributed by atoms with Gasteiger partial charge >= 0.3 is 0 Å². The molecule has 2 N–H and O–H groups in total. The van der Waals surface area contributed by atoms with Gasteiger partial charge in [-0.3, -0.25) is 9.69 Å². The van der Waals surface area contributed by atoms with Gasteiger partial charge in [0.1, 0.15) is 5.82 Å². The lowest BCUT2D eigenvalue weighted by molar-refractivity contribution is 0.0937. The molecule has 116 valence electrons. The fourth-order valence-corrected chi connectivity index (χ4v) is 2.81. The van der Waals surface area contributed by atoms with Gasteiger partial charge in [-0.25, -0.2) is 4.39 Å². The number of nitrogens with one attached hydrogen (secondary N) is 1. The zero-order chi connectivity index (χ0) is 15.4. The number of phenolic OH excluding ortho intramolecular Hbond substituents is 1. The van der Waals surface area contributed by atoms with Gasteiger partial charge in [-0.15, -0.1) is 0 Å². The summed E-state index contributed by atoms with van der Waals surface area (Å²) < 4.78 is 18.3. The molecule has 1 aromatic rings. The van der Waals surface area contributed by atoms with E-state index in [-0.39, 0.29) is 17.1 Å². The van der Waals surface area contributed by atoms with Crippen LogP contribution in [0.1, 0.15) is 30.1 Å². The number of benzene rings is 1. The molecule has 1 atom stereocenters. The first-order valence-electron chi connectivity index (χ1n) is 7.15. The lowest BCUT2D eigenvalue weighted by atomic mass is 10.1. The zero-order valence-corrected chi connectivity index (χ0v) is 12.4. The summed E-state index contributed by atoms with van der Waals surface area (Å²) in [4.78, 5) is 14.5. The number of aromatic hydroxyl groups is 1. The third-order valence-corrected chi connectivity index (χ3v) is 3.89. The number of rotatable bonds is 5. The molecule has 0 unspecified atom stereocenters. The number of amides is 1. The van der Waals surface area contributed by atoms with Crippen LogP contribution in [0.2, 0.25) is 0 Å². The van der Waals surface area contributed by atoms with E-state index in [2.05, 4.69) is 17.1 Å². The molecular weight excluding hydrogens is 275 g/mol. The maximum absolute atomic E-state index is 13.4. The standard InChI is InChI=1S/C15H21FN2O3/c1-3-18-6-4-5-11(18)9-17-15(20)12-7-10(16)8-13(19)14(12)21-2/h7-8,11,19H,3-6,9H2,1-2H3,(H,17,20)/t11-/m0/s1. The molecular formula is C15H21FN2O3. The van der Waals surface area contributed by atoms with Gasteiger partial charge in [-0.2, -0.15) is 0 Å². The molecule has 1 aliphatic rings. The molecule has 0 saturated carbocycles. The highest BCUT2D eigenvalue weighted by molar-refractivity contribution is 5.97. The Morgan fingerprint density at radius 2 is 2.33 bits per heavy atom. The van der Waals surface area contributed by atoms with Crippen molar-refractivity contribution < 1.29 is 19.0 Å². The van der Waals surface area contributed by atoms with Gasteiger partial charge in [0.15, 0.2) is 11.5 Å². The highest BCUT2D eigenvalue weighted by Crippen LogP contribution is 2.31. The number of hydrogen-bond donors (Lipinski definition) is 2. The number of likely N-dealkylation sites (N-methyl/N-ethyl adjacent to an activating group) is 1. The Morgan fingerprint density at radius 3 is 3.00 bits per heavy atom. The lowest BCUT2D eigenvalue weighted by Crippen LogP contribution is -2.40. The van der Waals surface area contributed by atoms with Crippen LogP contribution < -0.4 is 10.1 Å². The topological polar surface area (TPSA) is 61.8 Å². The molecule has 2 rings (SSSR count). The van der Waals surface area contributed by atoms with Crippen molar-refractivity contribution in [2.75, 3.05) is 26.7 Å². The summed E-state index contributed by atoms with van der Waals surface area (Å²) in [6, 6.07) is 2.30. The van der Waals surface area contributed by atoms with Crippen molar-refractivity contribution >= 4 is 5.91 Å². The summed E-state index contributed by atoms with van der Waals surface area (Å²) in [6.45, 7) is 4.59. The number of nitrogens with zero attached hydrogens (tertiary/aromatic N) is 1. The Balaban J connectivity index is 2.07. The van der Waals surface area contributed by atoms with E-state index in [1.54, 1.807) is 0 Å². The minimum Gasteiger partial charge on any atom is -0.504 e. The molecule has 0 spiro atoms. The second-order valence-electron chi connectivity index (χ2n) is 5.14. The van der Waals surface area contributed by atoms with Crippen molar-refractivity contribution in [2.24, 2.45) is 0 Å². The van der Waals surface area contributed by atoms with E-state index in [4.69, 9.17) is 4.74 Å². The van der Waals surface area contributed by atoms with E-state index in [1.807, 2.05) is 0 Å². The molecule has 1 aromatic carbocycles. The smallest absolute Gasteiger partial charge is 0.255 e. The third kappa shape index (κ3) is 3.44. The predicted molar refractivity (Wildman–Crippen MR) is 77.2 cm³/mol. The highest BCUT2D eigenvalue weighted by Gasteiger charge is 2.24. The minimum atomic E-state index is -0.672. The Bertz CT molecular complexity index is 522. The van der Waals surface area contributed by atoms with Crippen LogP contribution in [0.15, 0.2) is 12.1 Å². The number of likely N-dealkylation sites (tertiary alicyclic amines) is 1. The molecule has 0 aliphatic carbocycles. The van der Waals surface area contributed by atoms with Crippen LogP contribution in [0.4, 0.5) is 4.39 Å². The summed E-state index contributed by atoms with van der Waals surface area (Å²) in [7, 11) is 1.33. The van der Waals surface area contributed by atoms with E-state index in [9.17, 15) is 14.3 Å². The fraction of sp³-hybridized carbons (Fsp3) is 0.533. The van der Waals surface area contributed by atoms with E-state index < -0.39 is 11.7 Å². The van der Waals surface area contributed by atoms with Crippen LogP contribution in [0.5, 0.6) is 11.5 Å². The molecule has 5 nitrogen and oxygen atoms in total. The molecule has 1 saturated heterocycles. The van der Waals surface area contributed by atoms with Crippen molar-refractivity contribution in [3.05, 3.63) is 23.5 Å². The summed E-state index contributed by atoms with van der Waals surface area (Å²) in [5.41, 5.74) is 0.0102. The van der Waals surface area contributed by atoms with Crippen molar-refractivity contribution in [1.82, 2.24) is 10.2 Å². The summed E-state index contributed by atoms with van der Waals surface area (Å²) >= 11 is 0. The fourth-order valence-electron chi connectivity index (χ4n) is 2.81. The first-order valence-corrected chi connectivity index (χ1v) is 7.15. The van der Waals surface area contributed by atoms with Crippen molar-refractivity contribution in [3.63, 3.8) is 0 Å². The molecule has 0 radical (unpaired) electrons. The van der Waals surface area contributed by atoms with Gasteiger partial charge in [0.2, 0.25) is 0 Å². The maximum Gasteiger partial charge on any atom is 0.255 e. The number of ether oxygens (including phenoxy) is 1. The van der Waals surface area contributed by atoms with Gasteiger partial charge in [0.05, 0.1) is 12.7 Å². The number of carbonyl (C=O) groups excluding carboxylic acids is 1. The van der Waals surface area contributed by atoms with Gasteiger partial charge in [0, 0.05) is 18.7 Å².